The van der Waals surface area contributed by atoms with E-state index in [9.17, 15) is 18.4 Å². The minimum atomic E-state index is -1.11. The van der Waals surface area contributed by atoms with Crippen LogP contribution in [-0.2, 0) is 21.3 Å². The number of nitrogens with one attached hydrogen (secondary N) is 2. The van der Waals surface area contributed by atoms with E-state index in [4.69, 9.17) is 9.47 Å². The number of methoxy groups -OCH3 is 1. The van der Waals surface area contributed by atoms with Crippen LogP contribution in [0.4, 0.5) is 25.1 Å². The molecule has 2 N–H and O–H groups in total. The van der Waals surface area contributed by atoms with Gasteiger partial charge in [0.15, 0.2) is 5.82 Å². The standard InChI is InChI=1S/C23H25F2N7O4/c1-12(16-5-14(24)8-26-18(16)25)36-22(34)31-20-17(11-29-32(20)3)19-27-9-15(10-28-19)30-21(33)13-6-23(2,7-13)35-4/h5,8-13H,6-7H2,1-4H3,(H,30,33)(H,31,34)/t12-,13?,23?/m1/s1. The van der Waals surface area contributed by atoms with E-state index in [2.05, 4.69) is 30.7 Å². The molecule has 4 rings (SSSR count). The van der Waals surface area contributed by atoms with Gasteiger partial charge >= 0.3 is 6.09 Å². The summed E-state index contributed by atoms with van der Waals surface area (Å²) in [6.07, 6.45) is 4.31. The molecule has 190 valence electrons. The van der Waals surface area contributed by atoms with Crippen molar-refractivity contribution in [1.29, 1.82) is 0 Å². The van der Waals surface area contributed by atoms with Crippen LogP contribution in [0.5, 0.6) is 0 Å². The minimum Gasteiger partial charge on any atom is -0.441 e. The molecule has 1 fully saturated rings. The lowest BCUT2D eigenvalue weighted by molar-refractivity contribution is -0.138. The average Bonchev–Trinajstić information content (AvgIpc) is 3.18. The first-order valence-corrected chi connectivity index (χ1v) is 11.1. The maximum atomic E-state index is 13.9. The Morgan fingerprint density at radius 3 is 2.50 bits per heavy atom. The summed E-state index contributed by atoms with van der Waals surface area (Å²) in [5.74, 6) is -1.52. The Hall–Kier alpha value is -4.00. The third-order valence-corrected chi connectivity index (χ3v) is 6.09. The molecule has 1 atom stereocenters. The van der Waals surface area contributed by atoms with Crippen molar-refractivity contribution in [3.8, 4) is 11.4 Å². The molecule has 1 aliphatic carbocycles. The normalized spacial score (nSPS) is 19.8. The summed E-state index contributed by atoms with van der Waals surface area (Å²) in [6, 6.07) is 0.908. The van der Waals surface area contributed by atoms with Gasteiger partial charge in [-0.05, 0) is 32.8 Å². The van der Waals surface area contributed by atoms with E-state index in [1.165, 1.54) is 30.2 Å². The Bertz CT molecular complexity index is 1280. The highest BCUT2D eigenvalue weighted by atomic mass is 19.1. The second-order valence-electron chi connectivity index (χ2n) is 8.78. The first-order chi connectivity index (χ1) is 17.1. The number of ether oxygens (including phenoxy) is 2. The molecule has 0 radical (unpaired) electrons. The van der Waals surface area contributed by atoms with Crippen LogP contribution in [0.3, 0.4) is 0 Å². The second-order valence-corrected chi connectivity index (χ2v) is 8.78. The van der Waals surface area contributed by atoms with Gasteiger partial charge in [-0.3, -0.25) is 14.8 Å². The highest BCUT2D eigenvalue weighted by Crippen LogP contribution is 2.40. The Morgan fingerprint density at radius 2 is 1.83 bits per heavy atom. The number of aromatic nitrogens is 5. The van der Waals surface area contributed by atoms with Crippen molar-refractivity contribution in [3.05, 3.63) is 48.2 Å². The zero-order chi connectivity index (χ0) is 26.0. The number of carbonyl (C=O) groups is 2. The maximum Gasteiger partial charge on any atom is 0.413 e. The van der Waals surface area contributed by atoms with Gasteiger partial charge in [0.05, 0.1) is 47.2 Å². The number of amides is 2. The van der Waals surface area contributed by atoms with Crippen molar-refractivity contribution in [2.24, 2.45) is 13.0 Å². The van der Waals surface area contributed by atoms with E-state index >= 15 is 0 Å². The highest BCUT2D eigenvalue weighted by Gasteiger charge is 2.44. The summed E-state index contributed by atoms with van der Waals surface area (Å²) < 4.78 is 39.2. The van der Waals surface area contributed by atoms with Crippen molar-refractivity contribution < 1.29 is 27.8 Å². The molecule has 0 aliphatic heterocycles. The molecule has 0 bridgehead atoms. The molecule has 3 aromatic heterocycles. The van der Waals surface area contributed by atoms with Crippen LogP contribution < -0.4 is 10.6 Å². The molecule has 0 spiro atoms. The van der Waals surface area contributed by atoms with Crippen LogP contribution in [0.25, 0.3) is 11.4 Å². The monoisotopic (exact) mass is 501 g/mol. The fraction of sp³-hybridized carbons (Fsp3) is 0.391. The van der Waals surface area contributed by atoms with E-state index in [0.717, 1.165) is 12.3 Å². The van der Waals surface area contributed by atoms with Crippen LogP contribution in [0.2, 0.25) is 0 Å². The number of anilines is 2. The van der Waals surface area contributed by atoms with Crippen LogP contribution >= 0.6 is 0 Å². The summed E-state index contributed by atoms with van der Waals surface area (Å²) in [5, 5.41) is 9.42. The molecule has 3 aromatic rings. The predicted molar refractivity (Wildman–Crippen MR) is 124 cm³/mol. The molecule has 3 heterocycles. The van der Waals surface area contributed by atoms with Crippen LogP contribution in [0.15, 0.2) is 30.9 Å². The highest BCUT2D eigenvalue weighted by molar-refractivity contribution is 5.93. The number of pyridine rings is 1. The van der Waals surface area contributed by atoms with E-state index < -0.39 is 24.0 Å². The maximum absolute atomic E-state index is 13.9. The zero-order valence-electron chi connectivity index (χ0n) is 20.1. The lowest BCUT2D eigenvalue weighted by Gasteiger charge is -2.42. The van der Waals surface area contributed by atoms with E-state index in [0.29, 0.717) is 24.1 Å². The lowest BCUT2D eigenvalue weighted by atomic mass is 9.71. The molecule has 1 aliphatic rings. The summed E-state index contributed by atoms with van der Waals surface area (Å²) in [4.78, 5) is 36.7. The summed E-state index contributed by atoms with van der Waals surface area (Å²) in [6.45, 7) is 3.35. The summed E-state index contributed by atoms with van der Waals surface area (Å²) in [7, 11) is 3.21. The smallest absolute Gasteiger partial charge is 0.413 e. The fourth-order valence-electron chi connectivity index (χ4n) is 3.93. The lowest BCUT2D eigenvalue weighted by Crippen LogP contribution is -2.47. The first kappa shape index (κ1) is 25.1. The number of halogens is 2. The number of nitrogens with zero attached hydrogens (tertiary/aromatic N) is 5. The minimum absolute atomic E-state index is 0.133. The van der Waals surface area contributed by atoms with Crippen molar-refractivity contribution in [2.45, 2.75) is 38.4 Å². The molecular weight excluding hydrogens is 476 g/mol. The number of hydrogen-bond donors (Lipinski definition) is 2. The summed E-state index contributed by atoms with van der Waals surface area (Å²) >= 11 is 0. The van der Waals surface area contributed by atoms with Crippen molar-refractivity contribution in [2.75, 3.05) is 17.7 Å². The topological polar surface area (TPSA) is 133 Å². The Balaban J connectivity index is 1.41. The number of aryl methyl sites for hydroxylation is 1. The average molecular weight is 501 g/mol. The molecule has 0 aromatic carbocycles. The molecule has 1 saturated carbocycles. The summed E-state index contributed by atoms with van der Waals surface area (Å²) in [5.41, 5.74) is 0.332. The van der Waals surface area contributed by atoms with Crippen molar-refractivity contribution in [3.63, 3.8) is 0 Å². The van der Waals surface area contributed by atoms with Gasteiger partial charge in [0.25, 0.3) is 0 Å². The first-order valence-electron chi connectivity index (χ1n) is 11.1. The third kappa shape index (κ3) is 5.30. The van der Waals surface area contributed by atoms with Crippen molar-refractivity contribution >= 4 is 23.5 Å². The van der Waals surface area contributed by atoms with Gasteiger partial charge in [-0.15, -0.1) is 0 Å². The molecule has 0 unspecified atom stereocenters. The molecule has 2 amide bonds. The van der Waals surface area contributed by atoms with Crippen molar-refractivity contribution in [1.82, 2.24) is 24.7 Å². The number of carbonyl (C=O) groups excluding carboxylic acids is 2. The Morgan fingerprint density at radius 1 is 1.14 bits per heavy atom. The van der Waals surface area contributed by atoms with Gasteiger partial charge in [0.1, 0.15) is 17.7 Å². The molecule has 13 heteroatoms. The van der Waals surface area contributed by atoms with E-state index in [-0.39, 0.29) is 34.6 Å². The van der Waals surface area contributed by atoms with E-state index in [1.54, 1.807) is 14.2 Å². The molecule has 11 nitrogen and oxygen atoms in total. The largest absolute Gasteiger partial charge is 0.441 e. The van der Waals surface area contributed by atoms with Gasteiger partial charge in [0, 0.05) is 20.1 Å². The molecular formula is C23H25F2N7O4. The quantitative estimate of drug-likeness (QED) is 0.469. The van der Waals surface area contributed by atoms with Gasteiger partial charge in [0.2, 0.25) is 11.9 Å². The van der Waals surface area contributed by atoms with Crippen LogP contribution in [-0.4, -0.2) is 49.4 Å². The van der Waals surface area contributed by atoms with Gasteiger partial charge in [-0.2, -0.15) is 9.49 Å². The van der Waals surface area contributed by atoms with E-state index in [1.807, 2.05) is 6.92 Å². The Labute approximate surface area is 205 Å². The molecule has 36 heavy (non-hydrogen) atoms. The van der Waals surface area contributed by atoms with Gasteiger partial charge < -0.3 is 14.8 Å². The SMILES string of the molecule is COC1(C)CC(C(=O)Nc2cnc(-c3cnn(C)c3NC(=O)O[C@H](C)c3cc(F)cnc3F)nc2)C1. The number of hydrogen-bond acceptors (Lipinski definition) is 8. The second kappa shape index (κ2) is 9.93. The molecule has 0 saturated heterocycles. The van der Waals surface area contributed by atoms with Gasteiger partial charge in [-0.1, -0.05) is 0 Å². The Kier molecular flexibility index (Phi) is 6.93. The zero-order valence-corrected chi connectivity index (χ0v) is 20.1. The van der Waals surface area contributed by atoms with Crippen LogP contribution in [0.1, 0.15) is 38.4 Å². The van der Waals surface area contributed by atoms with Gasteiger partial charge in [-0.25, -0.2) is 24.1 Å². The number of rotatable bonds is 7. The third-order valence-electron chi connectivity index (χ3n) is 6.09. The predicted octanol–water partition coefficient (Wildman–Crippen LogP) is 3.61. The van der Waals surface area contributed by atoms with Crippen LogP contribution in [0, 0.1) is 17.7 Å². The fourth-order valence-corrected chi connectivity index (χ4v) is 3.93.